The average molecular weight is 204 g/mol. The van der Waals surface area contributed by atoms with E-state index in [0.717, 1.165) is 16.5 Å². The van der Waals surface area contributed by atoms with Gasteiger partial charge in [0.1, 0.15) is 0 Å². The molecule has 1 heterocycles. The molecule has 78 valence electrons. The highest BCUT2D eigenvalue weighted by atomic mass is 16.4. The quantitative estimate of drug-likeness (QED) is 0.705. The van der Waals surface area contributed by atoms with Gasteiger partial charge in [-0.05, 0) is 29.1 Å². The molecule has 1 aromatic carbocycles. The molecular formula is C11H12N2O2. The number of hydrogen-bond donors (Lipinski definition) is 3. The molecule has 0 aliphatic rings. The minimum absolute atomic E-state index is 0.116. The van der Waals surface area contributed by atoms with E-state index in [9.17, 15) is 4.79 Å². The van der Waals surface area contributed by atoms with Gasteiger partial charge in [0.25, 0.3) is 0 Å². The van der Waals surface area contributed by atoms with Crippen LogP contribution in [0.4, 0.5) is 0 Å². The lowest BCUT2D eigenvalue weighted by molar-refractivity contribution is -0.138. The highest BCUT2D eigenvalue weighted by Gasteiger charge is 2.17. The van der Waals surface area contributed by atoms with Crippen molar-refractivity contribution >= 4 is 16.9 Å². The van der Waals surface area contributed by atoms with E-state index in [4.69, 9.17) is 10.8 Å². The number of carboxylic acids is 1. The molecule has 15 heavy (non-hydrogen) atoms. The Kier molecular flexibility index (Phi) is 2.43. The van der Waals surface area contributed by atoms with Crippen molar-refractivity contribution in [2.45, 2.75) is 5.92 Å². The van der Waals surface area contributed by atoms with Gasteiger partial charge < -0.3 is 15.8 Å². The highest BCUT2D eigenvalue weighted by molar-refractivity contribution is 5.83. The number of nitrogens with one attached hydrogen (secondary N) is 1. The fourth-order valence-electron chi connectivity index (χ4n) is 1.67. The number of carbonyl (C=O) groups is 1. The van der Waals surface area contributed by atoms with Crippen LogP contribution in [0, 0.1) is 0 Å². The van der Waals surface area contributed by atoms with E-state index in [1.54, 1.807) is 6.07 Å². The summed E-state index contributed by atoms with van der Waals surface area (Å²) in [7, 11) is 0. The summed E-state index contributed by atoms with van der Waals surface area (Å²) in [5, 5.41) is 9.97. The normalized spacial score (nSPS) is 12.9. The largest absolute Gasteiger partial charge is 0.481 e. The predicted molar refractivity (Wildman–Crippen MR) is 57.7 cm³/mol. The van der Waals surface area contributed by atoms with E-state index in [1.165, 1.54) is 0 Å². The third kappa shape index (κ3) is 1.71. The maximum absolute atomic E-state index is 10.9. The topological polar surface area (TPSA) is 79.1 Å². The lowest BCUT2D eigenvalue weighted by Crippen LogP contribution is -2.20. The first-order valence-corrected chi connectivity index (χ1v) is 4.72. The zero-order valence-electron chi connectivity index (χ0n) is 8.10. The van der Waals surface area contributed by atoms with Crippen LogP contribution in [0.3, 0.4) is 0 Å². The predicted octanol–water partition coefficient (Wildman–Crippen LogP) is 1.29. The second-order valence-electron chi connectivity index (χ2n) is 3.45. The van der Waals surface area contributed by atoms with Crippen molar-refractivity contribution in [3.05, 3.63) is 36.0 Å². The Bertz CT molecular complexity index is 490. The van der Waals surface area contributed by atoms with Gasteiger partial charge in [-0.3, -0.25) is 4.79 Å². The molecule has 0 amide bonds. The van der Waals surface area contributed by atoms with Gasteiger partial charge in [-0.15, -0.1) is 0 Å². The van der Waals surface area contributed by atoms with E-state index < -0.39 is 11.9 Å². The van der Waals surface area contributed by atoms with Gasteiger partial charge in [-0.1, -0.05) is 6.07 Å². The van der Waals surface area contributed by atoms with Crippen molar-refractivity contribution in [3.8, 4) is 0 Å². The standard InChI is InChI=1S/C11H12N2O2/c12-6-9(11(14)15)7-1-2-10-8(5-7)3-4-13-10/h1-5,9,13H,6,12H2,(H,14,15). The molecule has 1 atom stereocenters. The van der Waals surface area contributed by atoms with Crippen LogP contribution >= 0.6 is 0 Å². The number of aliphatic carboxylic acids is 1. The smallest absolute Gasteiger partial charge is 0.312 e. The summed E-state index contributed by atoms with van der Waals surface area (Å²) in [5.41, 5.74) is 7.18. The fraction of sp³-hybridized carbons (Fsp3) is 0.182. The number of aromatic nitrogens is 1. The first-order valence-electron chi connectivity index (χ1n) is 4.72. The Balaban J connectivity index is 2.46. The van der Waals surface area contributed by atoms with Crippen LogP contribution in [0.5, 0.6) is 0 Å². The summed E-state index contributed by atoms with van der Waals surface area (Å²) in [4.78, 5) is 14.0. The Hall–Kier alpha value is -1.81. The number of H-pyrrole nitrogens is 1. The van der Waals surface area contributed by atoms with Crippen LogP contribution in [-0.2, 0) is 4.79 Å². The number of fused-ring (bicyclic) bond motifs is 1. The number of rotatable bonds is 3. The zero-order chi connectivity index (χ0) is 10.8. The van der Waals surface area contributed by atoms with Gasteiger partial charge in [-0.25, -0.2) is 0 Å². The van der Waals surface area contributed by atoms with Crippen LogP contribution in [0.1, 0.15) is 11.5 Å². The van der Waals surface area contributed by atoms with Crippen molar-refractivity contribution in [1.29, 1.82) is 0 Å². The van der Waals surface area contributed by atoms with Gasteiger partial charge in [0.05, 0.1) is 5.92 Å². The molecule has 2 rings (SSSR count). The summed E-state index contributed by atoms with van der Waals surface area (Å²) in [6, 6.07) is 7.44. The van der Waals surface area contributed by atoms with Crippen LogP contribution < -0.4 is 5.73 Å². The SMILES string of the molecule is NCC(C(=O)O)c1ccc2[nH]ccc2c1. The first kappa shape index (κ1) is 9.73. The Labute approximate surface area is 86.7 Å². The minimum atomic E-state index is -0.882. The summed E-state index contributed by atoms with van der Waals surface area (Å²) < 4.78 is 0. The van der Waals surface area contributed by atoms with Gasteiger partial charge in [-0.2, -0.15) is 0 Å². The zero-order valence-corrected chi connectivity index (χ0v) is 8.10. The third-order valence-electron chi connectivity index (χ3n) is 2.51. The van der Waals surface area contributed by atoms with Gasteiger partial charge in [0.2, 0.25) is 0 Å². The Morgan fingerprint density at radius 1 is 1.47 bits per heavy atom. The number of benzene rings is 1. The molecule has 1 aromatic heterocycles. The second kappa shape index (κ2) is 3.74. The van der Waals surface area contributed by atoms with Crippen molar-refractivity contribution in [1.82, 2.24) is 4.98 Å². The molecular weight excluding hydrogens is 192 g/mol. The lowest BCUT2D eigenvalue weighted by Gasteiger charge is -2.09. The van der Waals surface area contributed by atoms with Crippen molar-refractivity contribution in [2.75, 3.05) is 6.54 Å². The first-order chi connectivity index (χ1) is 7.22. The fourth-order valence-corrected chi connectivity index (χ4v) is 1.67. The molecule has 0 saturated carbocycles. The molecule has 0 aliphatic carbocycles. The number of hydrogen-bond acceptors (Lipinski definition) is 2. The van der Waals surface area contributed by atoms with Gasteiger partial charge >= 0.3 is 5.97 Å². The molecule has 4 nitrogen and oxygen atoms in total. The van der Waals surface area contributed by atoms with Crippen molar-refractivity contribution < 1.29 is 9.90 Å². The highest BCUT2D eigenvalue weighted by Crippen LogP contribution is 2.20. The Morgan fingerprint density at radius 2 is 2.27 bits per heavy atom. The summed E-state index contributed by atoms with van der Waals surface area (Å²) >= 11 is 0. The third-order valence-corrected chi connectivity index (χ3v) is 2.51. The molecule has 0 aliphatic heterocycles. The van der Waals surface area contributed by atoms with Crippen molar-refractivity contribution in [3.63, 3.8) is 0 Å². The van der Waals surface area contributed by atoms with Crippen LogP contribution in [0.2, 0.25) is 0 Å². The summed E-state index contributed by atoms with van der Waals surface area (Å²) in [6.45, 7) is 0.116. The molecule has 0 spiro atoms. The summed E-state index contributed by atoms with van der Waals surface area (Å²) in [6.07, 6.45) is 1.83. The van der Waals surface area contributed by atoms with E-state index in [-0.39, 0.29) is 6.54 Å². The maximum Gasteiger partial charge on any atom is 0.312 e. The summed E-state index contributed by atoms with van der Waals surface area (Å²) in [5.74, 6) is -1.50. The average Bonchev–Trinajstić information content (AvgIpc) is 2.65. The molecule has 4 N–H and O–H groups in total. The maximum atomic E-state index is 10.9. The van der Waals surface area contributed by atoms with E-state index in [1.807, 2.05) is 24.4 Å². The van der Waals surface area contributed by atoms with Crippen LogP contribution in [-0.4, -0.2) is 22.6 Å². The number of aromatic amines is 1. The Morgan fingerprint density at radius 3 is 2.93 bits per heavy atom. The van der Waals surface area contributed by atoms with Gasteiger partial charge in [0.15, 0.2) is 0 Å². The number of carboxylic acid groups (broad SMARTS) is 1. The van der Waals surface area contributed by atoms with E-state index >= 15 is 0 Å². The molecule has 4 heteroatoms. The van der Waals surface area contributed by atoms with Crippen LogP contribution in [0.15, 0.2) is 30.5 Å². The van der Waals surface area contributed by atoms with Crippen LogP contribution in [0.25, 0.3) is 10.9 Å². The molecule has 1 unspecified atom stereocenters. The van der Waals surface area contributed by atoms with E-state index in [2.05, 4.69) is 4.98 Å². The molecule has 0 fully saturated rings. The molecule has 0 bridgehead atoms. The monoisotopic (exact) mass is 204 g/mol. The minimum Gasteiger partial charge on any atom is -0.481 e. The number of nitrogens with two attached hydrogens (primary N) is 1. The van der Waals surface area contributed by atoms with E-state index in [0.29, 0.717) is 0 Å². The van der Waals surface area contributed by atoms with Crippen molar-refractivity contribution in [2.24, 2.45) is 5.73 Å². The van der Waals surface area contributed by atoms with Gasteiger partial charge in [0, 0.05) is 18.3 Å². The molecule has 2 aromatic rings. The molecule has 0 radical (unpaired) electrons. The second-order valence-corrected chi connectivity index (χ2v) is 3.45. The lowest BCUT2D eigenvalue weighted by atomic mass is 9.98. The molecule has 0 saturated heterocycles.